The molecule has 2 aromatic carbocycles. The van der Waals surface area contributed by atoms with Crippen LogP contribution in [0.25, 0.3) is 0 Å². The third-order valence-corrected chi connectivity index (χ3v) is 3.17. The van der Waals surface area contributed by atoms with Gasteiger partial charge in [0.1, 0.15) is 23.4 Å². The van der Waals surface area contributed by atoms with Crippen molar-refractivity contribution in [2.45, 2.75) is 6.18 Å². The van der Waals surface area contributed by atoms with Gasteiger partial charge in [-0.25, -0.2) is 4.39 Å². The number of benzene rings is 2. The minimum absolute atomic E-state index is 0.00157. The van der Waals surface area contributed by atoms with E-state index in [9.17, 15) is 22.4 Å². The molecule has 0 heterocycles. The zero-order valence-electron chi connectivity index (χ0n) is 12.1. The number of nitrogens with two attached hydrogens (primary N) is 1. The summed E-state index contributed by atoms with van der Waals surface area (Å²) in [6, 6.07) is 7.32. The minimum atomic E-state index is -5.20. The van der Waals surface area contributed by atoms with Crippen LogP contribution < -0.4 is 15.8 Å². The summed E-state index contributed by atoms with van der Waals surface area (Å²) >= 11 is 5.80. The summed E-state index contributed by atoms with van der Waals surface area (Å²) in [7, 11) is 0. The number of nitrogen functional groups attached to an aromatic ring is 1. The first-order chi connectivity index (χ1) is 11.6. The van der Waals surface area contributed by atoms with Gasteiger partial charge in [-0.05, 0) is 24.3 Å². The van der Waals surface area contributed by atoms with Gasteiger partial charge in [0.15, 0.2) is 0 Å². The van der Waals surface area contributed by atoms with E-state index < -0.39 is 23.6 Å². The van der Waals surface area contributed by atoms with E-state index in [0.717, 1.165) is 6.07 Å². The number of nitriles is 1. The third-order valence-electron chi connectivity index (χ3n) is 2.87. The Labute approximate surface area is 143 Å². The average Bonchev–Trinajstić information content (AvgIpc) is 2.52. The second kappa shape index (κ2) is 6.86. The maximum Gasteiger partial charge on any atom is 0.471 e. The molecule has 10 heteroatoms. The fourth-order valence-electron chi connectivity index (χ4n) is 1.74. The van der Waals surface area contributed by atoms with E-state index in [2.05, 4.69) is 0 Å². The Kier molecular flexibility index (Phi) is 5.04. The lowest BCUT2D eigenvalue weighted by Crippen LogP contribution is -2.30. The Morgan fingerprint density at radius 2 is 1.92 bits per heavy atom. The highest BCUT2D eigenvalue weighted by Crippen LogP contribution is 2.36. The molecule has 0 unspecified atom stereocenters. The summed E-state index contributed by atoms with van der Waals surface area (Å²) in [5.74, 6) is -3.81. The van der Waals surface area contributed by atoms with E-state index in [1.165, 1.54) is 23.5 Å². The molecule has 0 radical (unpaired) electrons. The van der Waals surface area contributed by atoms with Crippen LogP contribution in [0.1, 0.15) is 5.56 Å². The van der Waals surface area contributed by atoms with Gasteiger partial charge in [0.25, 0.3) is 0 Å². The van der Waals surface area contributed by atoms with Crippen molar-refractivity contribution >= 4 is 28.9 Å². The van der Waals surface area contributed by atoms with Gasteiger partial charge in [-0.2, -0.15) is 18.4 Å². The van der Waals surface area contributed by atoms with Crippen LogP contribution in [0.15, 0.2) is 30.3 Å². The number of ether oxygens (including phenoxy) is 1. The van der Waals surface area contributed by atoms with Gasteiger partial charge in [0, 0.05) is 11.8 Å². The van der Waals surface area contributed by atoms with Gasteiger partial charge in [-0.15, -0.1) is 0 Å². The Bertz CT molecular complexity index is 878. The second-order valence-corrected chi connectivity index (χ2v) is 5.09. The Morgan fingerprint density at radius 1 is 1.24 bits per heavy atom. The molecule has 0 aliphatic rings. The minimum Gasteiger partial charge on any atom is -0.454 e. The van der Waals surface area contributed by atoms with Crippen LogP contribution in [0.4, 0.5) is 28.9 Å². The van der Waals surface area contributed by atoms with Gasteiger partial charge >= 0.3 is 12.1 Å². The number of carbonyl (C=O) groups excluding carboxylic acids is 1. The highest BCUT2D eigenvalue weighted by molar-refractivity contribution is 6.32. The normalized spacial score (nSPS) is 10.9. The zero-order chi connectivity index (χ0) is 18.8. The lowest BCUT2D eigenvalue weighted by Gasteiger charge is -2.13. The quantitative estimate of drug-likeness (QED) is 0.622. The largest absolute Gasteiger partial charge is 0.471 e. The second-order valence-electron chi connectivity index (χ2n) is 4.68. The number of amides is 1. The molecule has 1 amide bonds. The van der Waals surface area contributed by atoms with Crippen molar-refractivity contribution in [1.82, 2.24) is 0 Å². The topological polar surface area (TPSA) is 88.1 Å². The van der Waals surface area contributed by atoms with E-state index in [1.54, 1.807) is 0 Å². The maximum absolute atomic E-state index is 13.7. The molecule has 0 spiro atoms. The lowest BCUT2D eigenvalue weighted by atomic mass is 10.2. The molecule has 5 nitrogen and oxygen atoms in total. The molecule has 0 fully saturated rings. The zero-order valence-corrected chi connectivity index (χ0v) is 12.9. The fourth-order valence-corrected chi connectivity index (χ4v) is 1.93. The van der Waals surface area contributed by atoms with Crippen LogP contribution in [-0.2, 0) is 4.79 Å². The number of nitrogens with zero attached hydrogens (tertiary/aromatic N) is 1. The van der Waals surface area contributed by atoms with Crippen LogP contribution >= 0.6 is 11.6 Å². The first-order valence-corrected chi connectivity index (χ1v) is 6.84. The predicted molar refractivity (Wildman–Crippen MR) is 81.7 cm³/mol. The number of hydrogen-bond acceptors (Lipinski definition) is 4. The molecule has 130 valence electrons. The molecule has 2 aromatic rings. The van der Waals surface area contributed by atoms with Crippen molar-refractivity contribution in [2.24, 2.45) is 0 Å². The predicted octanol–water partition coefficient (Wildman–Crippen LogP) is 4.23. The van der Waals surface area contributed by atoms with Gasteiger partial charge in [0.2, 0.25) is 0 Å². The fraction of sp³-hybridized carbons (Fsp3) is 0.0667. The van der Waals surface area contributed by atoms with E-state index >= 15 is 0 Å². The molecule has 0 aromatic heterocycles. The summed E-state index contributed by atoms with van der Waals surface area (Å²) in [6.45, 7) is 0. The van der Waals surface area contributed by atoms with Crippen LogP contribution in [0.2, 0.25) is 5.02 Å². The van der Waals surface area contributed by atoms with Crippen LogP contribution in [0.5, 0.6) is 11.5 Å². The van der Waals surface area contributed by atoms with Gasteiger partial charge in [-0.1, -0.05) is 11.6 Å². The van der Waals surface area contributed by atoms with Gasteiger partial charge in [-0.3, -0.25) is 4.79 Å². The molecule has 25 heavy (non-hydrogen) atoms. The number of alkyl halides is 3. The monoisotopic (exact) mass is 373 g/mol. The summed E-state index contributed by atoms with van der Waals surface area (Å²) in [5, 5.41) is 10.1. The van der Waals surface area contributed by atoms with Crippen molar-refractivity contribution in [3.05, 3.63) is 46.7 Å². The molecule has 0 saturated heterocycles. The summed E-state index contributed by atoms with van der Waals surface area (Å²) in [4.78, 5) is 10.9. The molecule has 0 aliphatic carbocycles. The molecule has 3 N–H and O–H groups in total. The summed E-state index contributed by atoms with van der Waals surface area (Å²) < 4.78 is 55.9. The Balaban J connectivity index is 2.38. The summed E-state index contributed by atoms with van der Waals surface area (Å²) in [5.41, 5.74) is 5.06. The van der Waals surface area contributed by atoms with Crippen LogP contribution in [0.3, 0.4) is 0 Å². The van der Waals surface area contributed by atoms with Crippen molar-refractivity contribution in [2.75, 3.05) is 11.1 Å². The molecule has 0 saturated carbocycles. The standard InChI is InChI=1S/C15H8ClF4N3O2/c16-9-4-10(17)11(23-14(24)15(18,19)20)5-13(9)25-12-2-1-8(22)3-7(12)6-21/h1-5H,22H2,(H,23,24). The highest BCUT2D eigenvalue weighted by atomic mass is 35.5. The van der Waals surface area contributed by atoms with Crippen molar-refractivity contribution < 1.29 is 27.1 Å². The van der Waals surface area contributed by atoms with Crippen LogP contribution in [0, 0.1) is 17.1 Å². The Morgan fingerprint density at radius 3 is 2.52 bits per heavy atom. The van der Waals surface area contributed by atoms with E-state index in [0.29, 0.717) is 6.07 Å². The maximum atomic E-state index is 13.7. The highest BCUT2D eigenvalue weighted by Gasteiger charge is 2.39. The molecular formula is C15H8ClF4N3O2. The number of carbonyl (C=O) groups is 1. The first-order valence-electron chi connectivity index (χ1n) is 6.46. The first kappa shape index (κ1) is 18.4. The lowest BCUT2D eigenvalue weighted by molar-refractivity contribution is -0.167. The molecule has 0 bridgehead atoms. The third kappa shape index (κ3) is 4.30. The van der Waals surface area contributed by atoms with Crippen molar-refractivity contribution in [3.63, 3.8) is 0 Å². The average molecular weight is 374 g/mol. The van der Waals surface area contributed by atoms with Crippen molar-refractivity contribution in [3.8, 4) is 17.6 Å². The number of rotatable bonds is 3. The number of halogens is 5. The SMILES string of the molecule is N#Cc1cc(N)ccc1Oc1cc(NC(=O)C(F)(F)F)c(F)cc1Cl. The van der Waals surface area contributed by atoms with Crippen LogP contribution in [-0.4, -0.2) is 12.1 Å². The number of hydrogen-bond donors (Lipinski definition) is 2. The molecule has 0 aliphatic heterocycles. The van der Waals surface area contributed by atoms with E-state index in [4.69, 9.17) is 27.3 Å². The number of nitrogens with one attached hydrogen (secondary N) is 1. The van der Waals surface area contributed by atoms with E-state index in [1.807, 2.05) is 6.07 Å². The van der Waals surface area contributed by atoms with E-state index in [-0.39, 0.29) is 27.8 Å². The summed E-state index contributed by atoms with van der Waals surface area (Å²) in [6.07, 6.45) is -5.20. The van der Waals surface area contributed by atoms with Crippen molar-refractivity contribution in [1.29, 1.82) is 5.26 Å². The molecule has 0 atom stereocenters. The molecular weight excluding hydrogens is 366 g/mol. The van der Waals surface area contributed by atoms with Gasteiger partial charge in [0.05, 0.1) is 16.3 Å². The Hall–Kier alpha value is -2.99. The van der Waals surface area contributed by atoms with Gasteiger partial charge < -0.3 is 15.8 Å². The smallest absolute Gasteiger partial charge is 0.454 e. The number of anilines is 2. The molecule has 2 rings (SSSR count).